The molecule has 2 heterocycles. The predicted molar refractivity (Wildman–Crippen MR) is 81.4 cm³/mol. The van der Waals surface area contributed by atoms with Gasteiger partial charge in [0.25, 0.3) is 0 Å². The summed E-state index contributed by atoms with van der Waals surface area (Å²) in [7, 11) is 0. The molecule has 0 bridgehead atoms. The van der Waals surface area contributed by atoms with Crippen LogP contribution in [0.3, 0.4) is 0 Å². The Bertz CT molecular complexity index is 547. The van der Waals surface area contributed by atoms with E-state index in [2.05, 4.69) is 39.5 Å². The predicted octanol–water partition coefficient (Wildman–Crippen LogP) is 2.24. The first-order valence-electron chi connectivity index (χ1n) is 6.72. The van der Waals surface area contributed by atoms with Gasteiger partial charge in [0.1, 0.15) is 5.82 Å². The average Bonchev–Trinajstić information content (AvgIpc) is 2.51. The molecule has 0 spiro atoms. The van der Waals surface area contributed by atoms with E-state index in [9.17, 15) is 0 Å². The lowest BCUT2D eigenvalue weighted by atomic mass is 10.2. The Kier molecular flexibility index (Phi) is 3.69. The third kappa shape index (κ3) is 3.00. The van der Waals surface area contributed by atoms with Gasteiger partial charge in [-0.15, -0.1) is 0 Å². The van der Waals surface area contributed by atoms with Crippen LogP contribution in [0.5, 0.6) is 0 Å². The number of morpholine rings is 1. The standard InChI is InChI=1S/C15H18N4O/c16-12-1-6-15(17-11-12)18-13-2-4-14(5-3-13)19-7-9-20-10-8-19/h1-6,11H,7-10,16H2,(H,17,18). The van der Waals surface area contributed by atoms with Gasteiger partial charge in [-0.05, 0) is 36.4 Å². The van der Waals surface area contributed by atoms with Crippen molar-refractivity contribution in [1.82, 2.24) is 4.98 Å². The van der Waals surface area contributed by atoms with E-state index < -0.39 is 0 Å². The highest BCUT2D eigenvalue weighted by atomic mass is 16.5. The van der Waals surface area contributed by atoms with Crippen molar-refractivity contribution in [3.63, 3.8) is 0 Å². The van der Waals surface area contributed by atoms with E-state index >= 15 is 0 Å². The van der Waals surface area contributed by atoms with Crippen LogP contribution in [-0.2, 0) is 4.74 Å². The summed E-state index contributed by atoms with van der Waals surface area (Å²) in [6.07, 6.45) is 1.64. The summed E-state index contributed by atoms with van der Waals surface area (Å²) in [5.41, 5.74) is 8.52. The highest BCUT2D eigenvalue weighted by molar-refractivity contribution is 5.61. The van der Waals surface area contributed by atoms with Gasteiger partial charge in [-0.25, -0.2) is 4.98 Å². The monoisotopic (exact) mass is 270 g/mol. The van der Waals surface area contributed by atoms with E-state index in [0.717, 1.165) is 37.8 Å². The van der Waals surface area contributed by atoms with E-state index in [1.54, 1.807) is 6.20 Å². The maximum absolute atomic E-state index is 5.62. The first kappa shape index (κ1) is 12.7. The largest absolute Gasteiger partial charge is 0.397 e. The van der Waals surface area contributed by atoms with E-state index in [1.165, 1.54) is 5.69 Å². The molecule has 0 radical (unpaired) electrons. The van der Waals surface area contributed by atoms with E-state index in [4.69, 9.17) is 10.5 Å². The highest BCUT2D eigenvalue weighted by Crippen LogP contribution is 2.21. The number of hydrogen-bond acceptors (Lipinski definition) is 5. The zero-order chi connectivity index (χ0) is 13.8. The molecule has 1 saturated heterocycles. The molecule has 0 saturated carbocycles. The van der Waals surface area contributed by atoms with Gasteiger partial charge in [-0.3, -0.25) is 0 Å². The van der Waals surface area contributed by atoms with Gasteiger partial charge in [0.05, 0.1) is 25.1 Å². The van der Waals surface area contributed by atoms with Crippen molar-refractivity contribution in [1.29, 1.82) is 0 Å². The van der Waals surface area contributed by atoms with Gasteiger partial charge in [0, 0.05) is 24.5 Å². The fourth-order valence-electron chi connectivity index (χ4n) is 2.20. The number of nitrogen functional groups attached to an aromatic ring is 1. The van der Waals surface area contributed by atoms with Crippen LogP contribution in [0.25, 0.3) is 0 Å². The van der Waals surface area contributed by atoms with Crippen LogP contribution in [-0.4, -0.2) is 31.3 Å². The quantitative estimate of drug-likeness (QED) is 0.895. The van der Waals surface area contributed by atoms with Crippen molar-refractivity contribution in [3.05, 3.63) is 42.6 Å². The minimum absolute atomic E-state index is 0.665. The molecule has 1 fully saturated rings. The molecule has 1 aliphatic heterocycles. The van der Waals surface area contributed by atoms with Gasteiger partial charge in [-0.2, -0.15) is 0 Å². The van der Waals surface area contributed by atoms with E-state index in [1.807, 2.05) is 12.1 Å². The van der Waals surface area contributed by atoms with E-state index in [-0.39, 0.29) is 0 Å². The van der Waals surface area contributed by atoms with Gasteiger partial charge in [0.15, 0.2) is 0 Å². The topological polar surface area (TPSA) is 63.4 Å². The average molecular weight is 270 g/mol. The third-order valence-electron chi connectivity index (χ3n) is 3.30. The molecule has 1 aliphatic rings. The lowest BCUT2D eigenvalue weighted by Gasteiger charge is -2.28. The fourth-order valence-corrected chi connectivity index (χ4v) is 2.20. The summed E-state index contributed by atoms with van der Waals surface area (Å²) in [5.74, 6) is 0.790. The second-order valence-corrected chi connectivity index (χ2v) is 4.75. The molecule has 5 nitrogen and oxygen atoms in total. The molecular weight excluding hydrogens is 252 g/mol. The van der Waals surface area contributed by atoms with Crippen LogP contribution in [0.4, 0.5) is 22.9 Å². The minimum Gasteiger partial charge on any atom is -0.397 e. The maximum atomic E-state index is 5.62. The Morgan fingerprint density at radius 3 is 2.45 bits per heavy atom. The molecule has 0 unspecified atom stereocenters. The van der Waals surface area contributed by atoms with Crippen molar-refractivity contribution in [2.75, 3.05) is 42.3 Å². The third-order valence-corrected chi connectivity index (χ3v) is 3.30. The molecule has 3 rings (SSSR count). The summed E-state index contributed by atoms with van der Waals surface area (Å²) in [6.45, 7) is 3.50. The number of rotatable bonds is 3. The minimum atomic E-state index is 0.665. The summed E-state index contributed by atoms with van der Waals surface area (Å²) < 4.78 is 5.36. The smallest absolute Gasteiger partial charge is 0.130 e. The summed E-state index contributed by atoms with van der Waals surface area (Å²) >= 11 is 0. The van der Waals surface area contributed by atoms with Crippen LogP contribution in [0.15, 0.2) is 42.6 Å². The fraction of sp³-hybridized carbons (Fsp3) is 0.267. The Hall–Kier alpha value is -2.27. The number of pyridine rings is 1. The molecule has 0 aliphatic carbocycles. The molecule has 5 heteroatoms. The first-order valence-corrected chi connectivity index (χ1v) is 6.72. The van der Waals surface area contributed by atoms with Crippen molar-refractivity contribution >= 4 is 22.9 Å². The summed E-state index contributed by atoms with van der Waals surface area (Å²) in [6, 6.07) is 12.0. The van der Waals surface area contributed by atoms with Crippen LogP contribution in [0.2, 0.25) is 0 Å². The molecule has 20 heavy (non-hydrogen) atoms. The van der Waals surface area contributed by atoms with Gasteiger partial charge >= 0.3 is 0 Å². The molecule has 2 aromatic rings. The second-order valence-electron chi connectivity index (χ2n) is 4.75. The summed E-state index contributed by atoms with van der Waals surface area (Å²) in [4.78, 5) is 6.55. The van der Waals surface area contributed by atoms with Crippen molar-refractivity contribution in [2.24, 2.45) is 0 Å². The Morgan fingerprint density at radius 2 is 1.80 bits per heavy atom. The first-order chi connectivity index (χ1) is 9.81. The number of ether oxygens (including phenoxy) is 1. The maximum Gasteiger partial charge on any atom is 0.130 e. The van der Waals surface area contributed by atoms with Crippen LogP contribution >= 0.6 is 0 Å². The number of hydrogen-bond donors (Lipinski definition) is 2. The normalized spacial score (nSPS) is 15.1. The van der Waals surface area contributed by atoms with Gasteiger partial charge < -0.3 is 20.7 Å². The zero-order valence-electron chi connectivity index (χ0n) is 11.2. The van der Waals surface area contributed by atoms with Gasteiger partial charge in [0.2, 0.25) is 0 Å². The van der Waals surface area contributed by atoms with Crippen molar-refractivity contribution in [2.45, 2.75) is 0 Å². The number of benzene rings is 1. The van der Waals surface area contributed by atoms with Crippen molar-refractivity contribution < 1.29 is 4.74 Å². The highest BCUT2D eigenvalue weighted by Gasteiger charge is 2.10. The molecule has 0 atom stereocenters. The van der Waals surface area contributed by atoms with Crippen LogP contribution in [0, 0.1) is 0 Å². The number of aromatic nitrogens is 1. The number of nitrogens with one attached hydrogen (secondary N) is 1. The summed E-state index contributed by atoms with van der Waals surface area (Å²) in [5, 5.41) is 3.25. The SMILES string of the molecule is Nc1ccc(Nc2ccc(N3CCOCC3)cc2)nc1. The number of nitrogens with two attached hydrogens (primary N) is 1. The van der Waals surface area contributed by atoms with E-state index in [0.29, 0.717) is 5.69 Å². The van der Waals surface area contributed by atoms with Gasteiger partial charge in [-0.1, -0.05) is 0 Å². The lowest BCUT2D eigenvalue weighted by Crippen LogP contribution is -2.36. The lowest BCUT2D eigenvalue weighted by molar-refractivity contribution is 0.122. The molecule has 1 aromatic heterocycles. The molecule has 0 amide bonds. The molecule has 3 N–H and O–H groups in total. The zero-order valence-corrected chi connectivity index (χ0v) is 11.2. The Morgan fingerprint density at radius 1 is 1.05 bits per heavy atom. The van der Waals surface area contributed by atoms with Crippen LogP contribution < -0.4 is 16.0 Å². The molecule has 104 valence electrons. The van der Waals surface area contributed by atoms with Crippen LogP contribution in [0.1, 0.15) is 0 Å². The molecular formula is C15H18N4O. The number of nitrogens with zero attached hydrogens (tertiary/aromatic N) is 2. The number of anilines is 4. The van der Waals surface area contributed by atoms with Crippen molar-refractivity contribution in [3.8, 4) is 0 Å². The molecule has 1 aromatic carbocycles. The second kappa shape index (κ2) is 5.79. The Balaban J connectivity index is 1.67. The Labute approximate surface area is 118 Å².